The molecule has 5 N–H and O–H groups in total. The first-order valence-corrected chi connectivity index (χ1v) is 10.5. The lowest BCUT2D eigenvalue weighted by Gasteiger charge is -2.33. The lowest BCUT2D eigenvalue weighted by atomic mass is 9.88. The van der Waals surface area contributed by atoms with Gasteiger partial charge in [-0.1, -0.05) is 29.5 Å². The van der Waals surface area contributed by atoms with Gasteiger partial charge in [-0.05, 0) is 18.2 Å². The molecule has 1 saturated heterocycles. The Morgan fingerprint density at radius 2 is 2.03 bits per heavy atom. The number of hydrogen-bond acceptors (Lipinski definition) is 8. The molecular weight excluding hydrogens is 405 g/mol. The Hall–Kier alpha value is -2.59. The Bertz CT molecular complexity index is 997. The Labute approximate surface area is 178 Å². The third-order valence-electron chi connectivity index (χ3n) is 5.48. The number of nitrogen functional groups attached to an aromatic ring is 1. The van der Waals surface area contributed by atoms with Crippen LogP contribution < -0.4 is 21.7 Å². The van der Waals surface area contributed by atoms with Crippen molar-refractivity contribution in [3.05, 3.63) is 46.9 Å². The summed E-state index contributed by atoms with van der Waals surface area (Å²) in [5.41, 5.74) is 13.1. The zero-order chi connectivity index (χ0) is 21.3. The van der Waals surface area contributed by atoms with E-state index in [-0.39, 0.29) is 16.3 Å². The molecule has 4 rings (SSSR count). The number of aromatic nitrogens is 1. The number of carbonyl (C=O) groups is 1. The van der Waals surface area contributed by atoms with Crippen molar-refractivity contribution < 1.29 is 13.9 Å². The molecule has 1 aromatic heterocycles. The zero-order valence-corrected chi connectivity index (χ0v) is 17.4. The van der Waals surface area contributed by atoms with Gasteiger partial charge in [-0.25, -0.2) is 9.37 Å². The molecule has 0 spiro atoms. The highest BCUT2D eigenvalue weighted by atomic mass is 32.1. The normalized spacial score (nSPS) is 24.4. The van der Waals surface area contributed by atoms with Gasteiger partial charge in [0.05, 0.1) is 10.6 Å². The average Bonchev–Trinajstić information content (AvgIpc) is 3.17. The molecular formula is C21H24FN5O2S. The number of anilines is 2. The number of carbonyl (C=O) groups excluding carboxylic acids is 1. The van der Waals surface area contributed by atoms with Gasteiger partial charge in [0.15, 0.2) is 17.0 Å². The fourth-order valence-corrected chi connectivity index (χ4v) is 4.69. The molecule has 30 heavy (non-hydrogen) atoms. The molecule has 1 aliphatic carbocycles. The van der Waals surface area contributed by atoms with Crippen LogP contribution in [0.2, 0.25) is 0 Å². The van der Waals surface area contributed by atoms with E-state index in [4.69, 9.17) is 16.2 Å². The summed E-state index contributed by atoms with van der Waals surface area (Å²) in [5.74, 6) is 0. The summed E-state index contributed by atoms with van der Waals surface area (Å²) in [6.45, 7) is 3.77. The van der Waals surface area contributed by atoms with E-state index in [0.717, 1.165) is 48.8 Å². The Balaban J connectivity index is 1.75. The third kappa shape index (κ3) is 3.65. The fourth-order valence-electron chi connectivity index (χ4n) is 3.75. The van der Waals surface area contributed by atoms with Crippen molar-refractivity contribution >= 4 is 34.0 Å². The van der Waals surface area contributed by atoms with Crippen LogP contribution in [0.5, 0.6) is 0 Å². The molecule has 1 aromatic carbocycles. The number of benzene rings is 1. The summed E-state index contributed by atoms with van der Waals surface area (Å²) in [4.78, 5) is 18.9. The van der Waals surface area contributed by atoms with Crippen molar-refractivity contribution in [3.8, 4) is 11.3 Å². The summed E-state index contributed by atoms with van der Waals surface area (Å²) in [6, 6.07) is 7.92. The monoisotopic (exact) mass is 429 g/mol. The number of aldehydes is 1. The second-order valence-electron chi connectivity index (χ2n) is 7.25. The minimum atomic E-state index is -1.74. The maximum Gasteiger partial charge on any atom is 0.181 e. The molecule has 7 nitrogen and oxygen atoms in total. The lowest BCUT2D eigenvalue weighted by molar-refractivity contribution is -0.104. The topological polar surface area (TPSA) is 106 Å². The average molecular weight is 430 g/mol. The summed E-state index contributed by atoms with van der Waals surface area (Å²) < 4.78 is 20.6. The van der Waals surface area contributed by atoms with Crippen LogP contribution in [0.4, 0.5) is 15.2 Å². The highest BCUT2D eigenvalue weighted by Crippen LogP contribution is 2.43. The molecule has 2 aromatic rings. The molecule has 2 aliphatic rings. The van der Waals surface area contributed by atoms with E-state index in [9.17, 15) is 4.79 Å². The van der Waals surface area contributed by atoms with Crippen LogP contribution in [-0.4, -0.2) is 56.5 Å². The number of hydrogen-bond donors (Lipinski definition) is 3. The summed E-state index contributed by atoms with van der Waals surface area (Å²) in [5, 5.41) is 3.62. The van der Waals surface area contributed by atoms with Crippen LogP contribution >= 0.6 is 11.3 Å². The molecule has 2 heterocycles. The first-order valence-electron chi connectivity index (χ1n) is 9.66. The van der Waals surface area contributed by atoms with Crippen molar-refractivity contribution in [3.63, 3.8) is 0 Å². The molecule has 0 amide bonds. The molecule has 158 valence electrons. The van der Waals surface area contributed by atoms with Gasteiger partial charge in [0, 0.05) is 55.7 Å². The van der Waals surface area contributed by atoms with Crippen molar-refractivity contribution in [1.29, 1.82) is 0 Å². The minimum absolute atomic E-state index is 0.146. The second kappa shape index (κ2) is 8.27. The number of nitrogens with zero attached hydrogens (tertiary/aromatic N) is 2. The van der Waals surface area contributed by atoms with Gasteiger partial charge in [0.25, 0.3) is 0 Å². The summed E-state index contributed by atoms with van der Waals surface area (Å²) >= 11 is 1.13. The van der Waals surface area contributed by atoms with Gasteiger partial charge in [-0.15, -0.1) is 0 Å². The van der Waals surface area contributed by atoms with E-state index in [0.29, 0.717) is 16.9 Å². The third-order valence-corrected chi connectivity index (χ3v) is 6.39. The van der Waals surface area contributed by atoms with Gasteiger partial charge >= 0.3 is 0 Å². The minimum Gasteiger partial charge on any atom is -0.375 e. The fraction of sp³-hybridized carbons (Fsp3) is 0.333. The quantitative estimate of drug-likeness (QED) is 0.493. The van der Waals surface area contributed by atoms with Gasteiger partial charge in [0.2, 0.25) is 0 Å². The smallest absolute Gasteiger partial charge is 0.181 e. The number of ether oxygens (including phenoxy) is 1. The van der Waals surface area contributed by atoms with E-state index in [2.05, 4.69) is 15.2 Å². The highest BCUT2D eigenvalue weighted by Gasteiger charge is 2.41. The van der Waals surface area contributed by atoms with E-state index in [1.807, 2.05) is 24.3 Å². The molecule has 0 bridgehead atoms. The standard InChI is InChI=1S/C21H24FN5O2S/c1-29-21(24)7-6-14(12-28)16(19(21)22)18-17(26-20(23)30-18)13-2-4-15(5-3-13)27-10-8-25-9-11-27/h2-7,12,19,25H,8-11,24H2,1H3,(H2,23,26). The Kier molecular flexibility index (Phi) is 5.70. The van der Waals surface area contributed by atoms with Gasteiger partial charge < -0.3 is 20.7 Å². The number of methoxy groups -OCH3 is 1. The lowest BCUT2D eigenvalue weighted by Crippen LogP contribution is -2.50. The van der Waals surface area contributed by atoms with Crippen LogP contribution in [-0.2, 0) is 9.53 Å². The molecule has 2 unspecified atom stereocenters. The number of piperazine rings is 1. The molecule has 2 atom stereocenters. The van der Waals surface area contributed by atoms with Crippen LogP contribution in [0.25, 0.3) is 16.8 Å². The number of rotatable bonds is 5. The second-order valence-corrected chi connectivity index (χ2v) is 8.28. The zero-order valence-electron chi connectivity index (χ0n) is 16.6. The van der Waals surface area contributed by atoms with Crippen LogP contribution in [0.1, 0.15) is 4.88 Å². The molecule has 1 aliphatic heterocycles. The maximum absolute atomic E-state index is 15.4. The van der Waals surface area contributed by atoms with Crippen molar-refractivity contribution in [2.45, 2.75) is 11.9 Å². The predicted molar refractivity (Wildman–Crippen MR) is 118 cm³/mol. The van der Waals surface area contributed by atoms with Crippen molar-refractivity contribution in [2.75, 3.05) is 43.9 Å². The molecule has 1 fully saturated rings. The van der Waals surface area contributed by atoms with E-state index in [1.165, 1.54) is 19.3 Å². The number of halogens is 1. The molecule has 0 radical (unpaired) electrons. The highest BCUT2D eigenvalue weighted by molar-refractivity contribution is 7.17. The largest absolute Gasteiger partial charge is 0.375 e. The van der Waals surface area contributed by atoms with Gasteiger partial charge in [0.1, 0.15) is 6.29 Å². The number of alkyl halides is 1. The Morgan fingerprint density at radius 3 is 2.67 bits per heavy atom. The Morgan fingerprint density at radius 1 is 1.33 bits per heavy atom. The number of allylic oxidation sites excluding steroid dienone is 2. The van der Waals surface area contributed by atoms with Crippen LogP contribution in [0, 0.1) is 0 Å². The van der Waals surface area contributed by atoms with Gasteiger partial charge in [-0.2, -0.15) is 0 Å². The first kappa shape index (κ1) is 20.7. The number of thiazole rings is 1. The SMILES string of the molecule is COC1(N)C=CC(C=O)=C(c2sc(N)nc2-c2ccc(N3CCNCC3)cc2)C1F. The van der Waals surface area contributed by atoms with Gasteiger partial charge in [-0.3, -0.25) is 10.5 Å². The van der Waals surface area contributed by atoms with E-state index in [1.54, 1.807) is 0 Å². The first-order chi connectivity index (χ1) is 14.5. The summed E-state index contributed by atoms with van der Waals surface area (Å²) in [6.07, 6.45) is 1.71. The summed E-state index contributed by atoms with van der Waals surface area (Å²) in [7, 11) is 1.33. The predicted octanol–water partition coefficient (Wildman–Crippen LogP) is 1.96. The molecule has 9 heteroatoms. The van der Waals surface area contributed by atoms with Crippen LogP contribution in [0.15, 0.2) is 42.0 Å². The van der Waals surface area contributed by atoms with Crippen molar-refractivity contribution in [1.82, 2.24) is 10.3 Å². The molecule has 0 saturated carbocycles. The van der Waals surface area contributed by atoms with Crippen molar-refractivity contribution in [2.24, 2.45) is 5.73 Å². The van der Waals surface area contributed by atoms with E-state index >= 15 is 4.39 Å². The van der Waals surface area contributed by atoms with Crippen LogP contribution in [0.3, 0.4) is 0 Å². The maximum atomic E-state index is 15.4. The number of nitrogens with two attached hydrogens (primary N) is 2. The van der Waals surface area contributed by atoms with E-state index < -0.39 is 11.9 Å². The number of nitrogens with one attached hydrogen (secondary N) is 1.